The van der Waals surface area contributed by atoms with Gasteiger partial charge in [0.2, 0.25) is 10.0 Å². The van der Waals surface area contributed by atoms with Gasteiger partial charge < -0.3 is 4.74 Å². The van der Waals surface area contributed by atoms with Crippen LogP contribution in [-0.4, -0.2) is 38.5 Å². The SMILES string of the molecule is O=S(=O)(CCC(F)(F)F)N[C@H](c1cccnc1)C1CCOCC1. The van der Waals surface area contributed by atoms with Gasteiger partial charge >= 0.3 is 6.18 Å². The summed E-state index contributed by atoms with van der Waals surface area (Å²) in [4.78, 5) is 3.97. The zero-order valence-electron chi connectivity index (χ0n) is 12.4. The molecule has 0 radical (unpaired) electrons. The van der Waals surface area contributed by atoms with E-state index in [0.717, 1.165) is 0 Å². The fourth-order valence-electron chi connectivity index (χ4n) is 2.55. The first-order valence-corrected chi connectivity index (χ1v) is 8.96. The second-order valence-corrected chi connectivity index (χ2v) is 7.39. The third-order valence-electron chi connectivity index (χ3n) is 3.74. The molecular formula is C14H19F3N2O3S. The number of pyridine rings is 1. The van der Waals surface area contributed by atoms with Crippen molar-refractivity contribution in [3.05, 3.63) is 30.1 Å². The molecule has 0 unspecified atom stereocenters. The van der Waals surface area contributed by atoms with Gasteiger partial charge in [0, 0.05) is 25.6 Å². The van der Waals surface area contributed by atoms with Gasteiger partial charge in [0.05, 0.1) is 18.2 Å². The van der Waals surface area contributed by atoms with Gasteiger partial charge in [0.1, 0.15) is 0 Å². The molecule has 130 valence electrons. The highest BCUT2D eigenvalue weighted by Gasteiger charge is 2.33. The zero-order valence-corrected chi connectivity index (χ0v) is 13.2. The Hall–Kier alpha value is -1.19. The molecule has 0 amide bonds. The highest BCUT2D eigenvalue weighted by atomic mass is 32.2. The number of rotatable bonds is 6. The third kappa shape index (κ3) is 6.08. The Bertz CT molecular complexity index is 587. The summed E-state index contributed by atoms with van der Waals surface area (Å²) in [5, 5.41) is 0. The fourth-order valence-corrected chi connectivity index (χ4v) is 3.88. The number of halogens is 3. The summed E-state index contributed by atoms with van der Waals surface area (Å²) in [5.74, 6) is -1.01. The maximum Gasteiger partial charge on any atom is 0.390 e. The lowest BCUT2D eigenvalue weighted by Crippen LogP contribution is -2.38. The van der Waals surface area contributed by atoms with Crippen molar-refractivity contribution in [3.63, 3.8) is 0 Å². The van der Waals surface area contributed by atoms with E-state index in [1.807, 2.05) is 0 Å². The minimum absolute atomic E-state index is 0.0337. The molecule has 23 heavy (non-hydrogen) atoms. The summed E-state index contributed by atoms with van der Waals surface area (Å²) < 4.78 is 68.6. The van der Waals surface area contributed by atoms with E-state index >= 15 is 0 Å². The Labute approximate surface area is 133 Å². The van der Waals surface area contributed by atoms with Crippen molar-refractivity contribution < 1.29 is 26.3 Å². The smallest absolute Gasteiger partial charge is 0.381 e. The van der Waals surface area contributed by atoms with Crippen molar-refractivity contribution >= 4 is 10.0 Å². The summed E-state index contributed by atoms with van der Waals surface area (Å²) in [6, 6.07) is 2.80. The van der Waals surface area contributed by atoms with E-state index in [-0.39, 0.29) is 5.92 Å². The molecule has 0 bridgehead atoms. The monoisotopic (exact) mass is 352 g/mol. The zero-order chi connectivity index (χ0) is 16.9. The molecule has 0 aromatic carbocycles. The van der Waals surface area contributed by atoms with E-state index in [0.29, 0.717) is 31.6 Å². The molecule has 0 aliphatic carbocycles. The Kier molecular flexibility index (Phi) is 5.99. The Morgan fingerprint density at radius 2 is 2.04 bits per heavy atom. The van der Waals surface area contributed by atoms with Crippen LogP contribution in [0.4, 0.5) is 13.2 Å². The normalized spacial score (nSPS) is 18.7. The lowest BCUT2D eigenvalue weighted by molar-refractivity contribution is -0.130. The van der Waals surface area contributed by atoms with Crippen LogP contribution in [-0.2, 0) is 14.8 Å². The lowest BCUT2D eigenvalue weighted by atomic mass is 9.88. The van der Waals surface area contributed by atoms with E-state index in [9.17, 15) is 21.6 Å². The molecule has 0 spiro atoms. The van der Waals surface area contributed by atoms with Crippen LogP contribution in [0.5, 0.6) is 0 Å². The first-order chi connectivity index (χ1) is 10.8. The number of hydrogen-bond acceptors (Lipinski definition) is 4. The fraction of sp³-hybridized carbons (Fsp3) is 0.643. The van der Waals surface area contributed by atoms with Gasteiger partial charge in [0.15, 0.2) is 0 Å². The predicted octanol–water partition coefficient (Wildman–Crippen LogP) is 2.42. The van der Waals surface area contributed by atoms with Crippen LogP contribution in [0.3, 0.4) is 0 Å². The van der Waals surface area contributed by atoms with Crippen molar-refractivity contribution in [2.24, 2.45) is 5.92 Å². The Morgan fingerprint density at radius 1 is 1.35 bits per heavy atom. The summed E-state index contributed by atoms with van der Waals surface area (Å²) in [6.45, 7) is 1.01. The number of nitrogens with one attached hydrogen (secondary N) is 1. The van der Waals surface area contributed by atoms with Crippen molar-refractivity contribution in [1.29, 1.82) is 0 Å². The van der Waals surface area contributed by atoms with E-state index < -0.39 is 34.4 Å². The predicted molar refractivity (Wildman–Crippen MR) is 78.1 cm³/mol. The van der Waals surface area contributed by atoms with Crippen molar-refractivity contribution in [2.75, 3.05) is 19.0 Å². The molecule has 1 aliphatic rings. The van der Waals surface area contributed by atoms with Crippen LogP contribution in [0.1, 0.15) is 30.9 Å². The molecular weight excluding hydrogens is 333 g/mol. The van der Waals surface area contributed by atoms with Gasteiger partial charge in [-0.25, -0.2) is 13.1 Å². The summed E-state index contributed by atoms with van der Waals surface area (Å²) in [5.41, 5.74) is 0.648. The highest BCUT2D eigenvalue weighted by molar-refractivity contribution is 7.89. The molecule has 1 saturated heterocycles. The van der Waals surface area contributed by atoms with Gasteiger partial charge in [-0.2, -0.15) is 13.2 Å². The molecule has 2 heterocycles. The molecule has 5 nitrogen and oxygen atoms in total. The molecule has 2 rings (SSSR count). The van der Waals surface area contributed by atoms with Crippen molar-refractivity contribution in [3.8, 4) is 0 Å². The standard InChI is InChI=1S/C14H19F3N2O3S/c15-14(16,17)5-9-23(20,21)19-13(11-3-7-22-8-4-11)12-2-1-6-18-10-12/h1-2,6,10-11,13,19H,3-5,7-9H2/t13-/m0/s1. The molecule has 0 saturated carbocycles. The summed E-state index contributed by atoms with van der Waals surface area (Å²) in [7, 11) is -4.05. The minimum Gasteiger partial charge on any atom is -0.381 e. The molecule has 1 fully saturated rings. The molecule has 1 atom stereocenters. The van der Waals surface area contributed by atoms with Crippen molar-refractivity contribution in [2.45, 2.75) is 31.5 Å². The molecule has 1 aromatic rings. The molecule has 1 aliphatic heterocycles. The van der Waals surface area contributed by atoms with Crippen LogP contribution in [0, 0.1) is 5.92 Å². The average molecular weight is 352 g/mol. The quantitative estimate of drug-likeness (QED) is 0.854. The van der Waals surface area contributed by atoms with Crippen LogP contribution in [0.25, 0.3) is 0 Å². The topological polar surface area (TPSA) is 68.3 Å². The van der Waals surface area contributed by atoms with Crippen LogP contribution in [0.2, 0.25) is 0 Å². The van der Waals surface area contributed by atoms with E-state index in [1.54, 1.807) is 18.3 Å². The maximum atomic E-state index is 12.3. The molecule has 9 heteroatoms. The first kappa shape index (κ1) is 18.2. The van der Waals surface area contributed by atoms with E-state index in [4.69, 9.17) is 4.74 Å². The van der Waals surface area contributed by atoms with Gasteiger partial charge in [0.25, 0.3) is 0 Å². The second kappa shape index (κ2) is 7.59. The number of ether oxygens (including phenoxy) is 1. The maximum absolute atomic E-state index is 12.3. The first-order valence-electron chi connectivity index (χ1n) is 7.31. The third-order valence-corrected chi connectivity index (χ3v) is 5.10. The van der Waals surface area contributed by atoms with Crippen LogP contribution < -0.4 is 4.72 Å². The lowest BCUT2D eigenvalue weighted by Gasteiger charge is -2.31. The van der Waals surface area contributed by atoms with Gasteiger partial charge in [-0.1, -0.05) is 6.07 Å². The van der Waals surface area contributed by atoms with Gasteiger partial charge in [-0.3, -0.25) is 4.98 Å². The highest BCUT2D eigenvalue weighted by Crippen LogP contribution is 2.31. The summed E-state index contributed by atoms with van der Waals surface area (Å²) in [6.07, 6.45) is -1.50. The average Bonchev–Trinajstić information content (AvgIpc) is 2.52. The molecule has 1 N–H and O–H groups in total. The Morgan fingerprint density at radius 3 is 2.61 bits per heavy atom. The van der Waals surface area contributed by atoms with Crippen LogP contribution >= 0.6 is 0 Å². The van der Waals surface area contributed by atoms with E-state index in [2.05, 4.69) is 9.71 Å². The van der Waals surface area contributed by atoms with Gasteiger partial charge in [-0.05, 0) is 30.4 Å². The summed E-state index contributed by atoms with van der Waals surface area (Å²) >= 11 is 0. The largest absolute Gasteiger partial charge is 0.390 e. The second-order valence-electron chi connectivity index (χ2n) is 5.52. The minimum atomic E-state index is -4.50. The Balaban J connectivity index is 2.14. The number of aromatic nitrogens is 1. The van der Waals surface area contributed by atoms with Crippen LogP contribution in [0.15, 0.2) is 24.5 Å². The number of sulfonamides is 1. The number of alkyl halides is 3. The van der Waals surface area contributed by atoms with Crippen molar-refractivity contribution in [1.82, 2.24) is 9.71 Å². The van der Waals surface area contributed by atoms with E-state index in [1.165, 1.54) is 6.20 Å². The molecule has 1 aromatic heterocycles. The number of hydrogen-bond donors (Lipinski definition) is 1. The van der Waals surface area contributed by atoms with Gasteiger partial charge in [-0.15, -0.1) is 0 Å². The number of nitrogens with zero attached hydrogens (tertiary/aromatic N) is 1.